The molecule has 0 spiro atoms. The molecule has 1 aliphatic heterocycles. The van der Waals surface area contributed by atoms with Crippen LogP contribution in [0.2, 0.25) is 5.02 Å². The Morgan fingerprint density at radius 1 is 1.19 bits per heavy atom. The summed E-state index contributed by atoms with van der Waals surface area (Å²) in [6.07, 6.45) is 0. The third kappa shape index (κ3) is 3.41. The van der Waals surface area contributed by atoms with Crippen molar-refractivity contribution in [1.29, 1.82) is 0 Å². The molecule has 0 amide bonds. The van der Waals surface area contributed by atoms with Crippen molar-refractivity contribution in [3.05, 3.63) is 58.9 Å². The molecule has 1 aliphatic rings. The van der Waals surface area contributed by atoms with Gasteiger partial charge in [0.05, 0.1) is 0 Å². The highest BCUT2D eigenvalue weighted by Gasteiger charge is 2.31. The standard InChI is InChI=1S/C20H14ClN3O7S/c1-10-16(21)19(31-23-10)24-32(26,27)18-12-4-2-3-5-13(12)22-17(18)20(25)30-11-6-7-14-15(8-11)29-9-28-14/h2-8,22,24H,9H2,1H3. The van der Waals surface area contributed by atoms with Gasteiger partial charge in [-0.3, -0.25) is 0 Å². The van der Waals surface area contributed by atoms with Gasteiger partial charge >= 0.3 is 5.97 Å². The quantitative estimate of drug-likeness (QED) is 0.328. The number of para-hydroxylation sites is 1. The lowest BCUT2D eigenvalue weighted by molar-refractivity contribution is 0.0725. The number of fused-ring (bicyclic) bond motifs is 2. The van der Waals surface area contributed by atoms with Crippen molar-refractivity contribution in [2.45, 2.75) is 11.8 Å². The zero-order valence-corrected chi connectivity index (χ0v) is 17.9. The van der Waals surface area contributed by atoms with Crippen molar-refractivity contribution < 1.29 is 31.9 Å². The normalized spacial score (nSPS) is 12.8. The first-order chi connectivity index (χ1) is 15.3. The van der Waals surface area contributed by atoms with E-state index < -0.39 is 16.0 Å². The number of sulfonamides is 1. The molecule has 0 radical (unpaired) electrons. The summed E-state index contributed by atoms with van der Waals surface area (Å²) in [6, 6.07) is 11.1. The second-order valence-electron chi connectivity index (χ2n) is 6.80. The number of rotatable bonds is 5. The average molecular weight is 476 g/mol. The molecule has 5 rings (SSSR count). The van der Waals surface area contributed by atoms with Crippen LogP contribution in [0.25, 0.3) is 10.9 Å². The number of hydrogen-bond donors (Lipinski definition) is 2. The molecule has 0 aliphatic carbocycles. The zero-order valence-electron chi connectivity index (χ0n) is 16.3. The van der Waals surface area contributed by atoms with Crippen molar-refractivity contribution >= 4 is 44.4 Å². The van der Waals surface area contributed by atoms with E-state index in [0.29, 0.717) is 22.7 Å². The molecule has 0 saturated carbocycles. The summed E-state index contributed by atoms with van der Waals surface area (Å²) in [4.78, 5) is 15.5. The smallest absolute Gasteiger partial charge is 0.361 e. The van der Waals surface area contributed by atoms with Gasteiger partial charge in [0, 0.05) is 17.0 Å². The van der Waals surface area contributed by atoms with Gasteiger partial charge in [-0.1, -0.05) is 35.0 Å². The number of hydrogen-bond acceptors (Lipinski definition) is 8. The third-order valence-electron chi connectivity index (χ3n) is 4.70. The molecule has 0 unspecified atom stereocenters. The molecule has 164 valence electrons. The number of anilines is 1. The van der Waals surface area contributed by atoms with Crippen LogP contribution in [0, 0.1) is 6.92 Å². The van der Waals surface area contributed by atoms with E-state index in [9.17, 15) is 13.2 Å². The minimum Gasteiger partial charge on any atom is -0.454 e. The third-order valence-corrected chi connectivity index (χ3v) is 6.56. The molecular weight excluding hydrogens is 462 g/mol. The van der Waals surface area contributed by atoms with Gasteiger partial charge in [-0.2, -0.15) is 0 Å². The predicted octanol–water partition coefficient (Wildman–Crippen LogP) is 3.87. The summed E-state index contributed by atoms with van der Waals surface area (Å²) in [5, 5.41) is 3.92. The minimum atomic E-state index is -4.33. The van der Waals surface area contributed by atoms with E-state index in [1.807, 2.05) is 0 Å². The number of carbonyl (C=O) groups is 1. The summed E-state index contributed by atoms with van der Waals surface area (Å²) in [7, 11) is -4.33. The van der Waals surface area contributed by atoms with Crippen LogP contribution in [0.15, 0.2) is 51.9 Å². The summed E-state index contributed by atoms with van der Waals surface area (Å²) in [5.74, 6) is -0.0909. The largest absolute Gasteiger partial charge is 0.454 e. The van der Waals surface area contributed by atoms with Crippen LogP contribution < -0.4 is 18.9 Å². The summed E-state index contributed by atoms with van der Waals surface area (Å²) < 4.78 is 49.6. The molecule has 2 aromatic carbocycles. The first-order valence-electron chi connectivity index (χ1n) is 9.20. The Morgan fingerprint density at radius 2 is 1.97 bits per heavy atom. The minimum absolute atomic E-state index is 0.0119. The molecule has 2 aromatic heterocycles. The van der Waals surface area contributed by atoms with Crippen LogP contribution >= 0.6 is 11.6 Å². The van der Waals surface area contributed by atoms with Crippen molar-refractivity contribution in [2.24, 2.45) is 0 Å². The van der Waals surface area contributed by atoms with Crippen molar-refractivity contribution in [2.75, 3.05) is 11.5 Å². The van der Waals surface area contributed by atoms with Gasteiger partial charge in [0.25, 0.3) is 15.9 Å². The van der Waals surface area contributed by atoms with E-state index in [1.165, 1.54) is 12.1 Å². The highest BCUT2D eigenvalue weighted by molar-refractivity contribution is 7.93. The number of carbonyl (C=O) groups excluding carboxylic acids is 1. The number of aromatic amines is 1. The Kier molecular flexibility index (Phi) is 4.72. The maximum Gasteiger partial charge on any atom is 0.361 e. The molecule has 0 bridgehead atoms. The Balaban J connectivity index is 1.55. The lowest BCUT2D eigenvalue weighted by Crippen LogP contribution is -2.18. The van der Waals surface area contributed by atoms with E-state index in [-0.39, 0.29) is 39.4 Å². The summed E-state index contributed by atoms with van der Waals surface area (Å²) in [6.45, 7) is 1.62. The fraction of sp³-hybridized carbons (Fsp3) is 0.100. The predicted molar refractivity (Wildman–Crippen MR) is 113 cm³/mol. The molecule has 0 atom stereocenters. The van der Waals surface area contributed by atoms with Crippen LogP contribution in [0.1, 0.15) is 16.2 Å². The monoisotopic (exact) mass is 475 g/mol. The topological polar surface area (TPSA) is 133 Å². The van der Waals surface area contributed by atoms with Crippen molar-refractivity contribution in [1.82, 2.24) is 10.1 Å². The average Bonchev–Trinajstić information content (AvgIpc) is 3.47. The summed E-state index contributed by atoms with van der Waals surface area (Å²) in [5.41, 5.74) is 0.458. The molecule has 0 fully saturated rings. The second kappa shape index (κ2) is 7.46. The highest BCUT2D eigenvalue weighted by atomic mass is 35.5. The molecule has 10 nitrogen and oxygen atoms in total. The number of nitrogens with one attached hydrogen (secondary N) is 2. The fourth-order valence-electron chi connectivity index (χ4n) is 3.23. The molecule has 3 heterocycles. The zero-order chi connectivity index (χ0) is 22.5. The maximum absolute atomic E-state index is 13.2. The number of aromatic nitrogens is 2. The Bertz CT molecular complexity index is 1480. The van der Waals surface area contributed by atoms with Gasteiger partial charge in [-0.15, -0.1) is 0 Å². The highest BCUT2D eigenvalue weighted by Crippen LogP contribution is 2.36. The lowest BCUT2D eigenvalue weighted by atomic mass is 10.2. The second-order valence-corrected chi connectivity index (χ2v) is 8.79. The fourth-order valence-corrected chi connectivity index (χ4v) is 4.76. The molecule has 2 N–H and O–H groups in total. The summed E-state index contributed by atoms with van der Waals surface area (Å²) >= 11 is 6.05. The number of esters is 1. The molecular formula is C20H14ClN3O7S. The van der Waals surface area contributed by atoms with E-state index in [1.54, 1.807) is 37.3 Å². The van der Waals surface area contributed by atoms with Crippen LogP contribution in [0.5, 0.6) is 17.2 Å². The molecule has 12 heteroatoms. The first-order valence-corrected chi connectivity index (χ1v) is 11.1. The van der Waals surface area contributed by atoms with Crippen LogP contribution in [0.4, 0.5) is 5.88 Å². The Hall–Kier alpha value is -3.70. The van der Waals surface area contributed by atoms with Crippen molar-refractivity contribution in [3.63, 3.8) is 0 Å². The first kappa shape index (κ1) is 20.2. The van der Waals surface area contributed by atoms with Gasteiger partial charge in [0.2, 0.25) is 6.79 Å². The van der Waals surface area contributed by atoms with Crippen LogP contribution in [-0.4, -0.2) is 31.3 Å². The number of H-pyrrole nitrogens is 1. The van der Waals surface area contributed by atoms with Gasteiger partial charge in [0.1, 0.15) is 27.1 Å². The number of aryl methyl sites for hydroxylation is 1. The van der Waals surface area contributed by atoms with Crippen LogP contribution in [0.3, 0.4) is 0 Å². The molecule has 4 aromatic rings. The van der Waals surface area contributed by atoms with E-state index in [4.69, 9.17) is 30.3 Å². The number of ether oxygens (including phenoxy) is 3. The van der Waals surface area contributed by atoms with Gasteiger partial charge < -0.3 is 23.7 Å². The lowest BCUT2D eigenvalue weighted by Gasteiger charge is -2.08. The number of nitrogens with zero attached hydrogens (tertiary/aromatic N) is 1. The molecule has 0 saturated heterocycles. The van der Waals surface area contributed by atoms with Gasteiger partial charge in [0.15, 0.2) is 11.5 Å². The van der Waals surface area contributed by atoms with Crippen LogP contribution in [-0.2, 0) is 10.0 Å². The number of halogens is 1. The maximum atomic E-state index is 13.2. The SMILES string of the molecule is Cc1noc(NS(=O)(=O)c2c(C(=O)Oc3ccc4c(c3)OCO4)[nH]c3ccccc23)c1Cl. The molecule has 32 heavy (non-hydrogen) atoms. The van der Waals surface area contributed by atoms with Gasteiger partial charge in [-0.05, 0) is 25.1 Å². The Labute approximate surface area is 186 Å². The number of benzene rings is 2. The van der Waals surface area contributed by atoms with Crippen molar-refractivity contribution in [3.8, 4) is 17.2 Å². The Morgan fingerprint density at radius 3 is 2.75 bits per heavy atom. The van der Waals surface area contributed by atoms with E-state index >= 15 is 0 Å². The van der Waals surface area contributed by atoms with E-state index in [0.717, 1.165) is 0 Å². The van der Waals surface area contributed by atoms with E-state index in [2.05, 4.69) is 14.9 Å². The van der Waals surface area contributed by atoms with Gasteiger partial charge in [-0.25, -0.2) is 17.9 Å².